The zero-order valence-electron chi connectivity index (χ0n) is 15.5. The van der Waals surface area contributed by atoms with Crippen LogP contribution in [0.2, 0.25) is 0 Å². The highest BCUT2D eigenvalue weighted by molar-refractivity contribution is 5.69. The van der Waals surface area contributed by atoms with Crippen molar-refractivity contribution in [3.05, 3.63) is 100 Å². The number of hydrogen-bond acceptors (Lipinski definition) is 0. The molecule has 0 aliphatic rings. The number of halogens is 1. The van der Waals surface area contributed by atoms with E-state index in [-0.39, 0.29) is 24.0 Å². The van der Waals surface area contributed by atoms with Crippen LogP contribution in [0.5, 0.6) is 0 Å². The molecule has 0 spiro atoms. The molecule has 0 saturated carbocycles. The molecule has 2 heteroatoms. The van der Waals surface area contributed by atoms with Crippen LogP contribution in [-0.4, -0.2) is 0 Å². The van der Waals surface area contributed by atoms with Gasteiger partial charge in [0.05, 0.1) is 0 Å². The molecule has 0 atom stereocenters. The number of aromatic nitrogens is 1. The Hall–Kier alpha value is -2.20. The Morgan fingerprint density at radius 2 is 1.04 bits per heavy atom. The molecule has 132 valence electrons. The van der Waals surface area contributed by atoms with Gasteiger partial charge in [0.1, 0.15) is 7.05 Å². The molecule has 0 bridgehead atoms. The normalized spacial score (nSPS) is 11.0. The number of rotatable bonds is 4. The van der Waals surface area contributed by atoms with Gasteiger partial charge in [0, 0.05) is 24.3 Å². The van der Waals surface area contributed by atoms with Crippen LogP contribution in [0.3, 0.4) is 0 Å². The van der Waals surface area contributed by atoms with Crippen molar-refractivity contribution in [2.45, 2.75) is 13.8 Å². The molecular formula is C24H24IN. The summed E-state index contributed by atoms with van der Waals surface area (Å²) in [6.45, 7) is 4.24. The standard InChI is InChI=1S/C24H24N.HI/c1-19-7-4-9-21(17-19)13-15-23-11-6-12-24(25(23)3)16-14-22-10-5-8-20(2)18-22;/h4-18H,1-3H3;1H/q+1;/p-1. The van der Waals surface area contributed by atoms with Crippen LogP contribution >= 0.6 is 0 Å². The minimum atomic E-state index is 0. The predicted molar refractivity (Wildman–Crippen MR) is 108 cm³/mol. The third-order valence-electron chi connectivity index (χ3n) is 4.29. The predicted octanol–water partition coefficient (Wildman–Crippen LogP) is 2.47. The SMILES string of the molecule is Cc1cccc(C=Cc2cccc(C=Cc3cccc(C)c3)[n+]2C)c1.[I-]. The molecule has 1 nitrogen and oxygen atoms in total. The van der Waals surface area contributed by atoms with Gasteiger partial charge < -0.3 is 24.0 Å². The minimum Gasteiger partial charge on any atom is -1.00 e. The lowest BCUT2D eigenvalue weighted by molar-refractivity contribution is -0.675. The number of aryl methyl sites for hydroxylation is 2. The molecule has 0 aliphatic carbocycles. The third kappa shape index (κ3) is 5.40. The lowest BCUT2D eigenvalue weighted by Gasteiger charge is -2.00. The Balaban J connectivity index is 0.00000243. The molecule has 0 unspecified atom stereocenters. The quantitative estimate of drug-likeness (QED) is 0.422. The van der Waals surface area contributed by atoms with Gasteiger partial charge in [-0.2, -0.15) is 4.57 Å². The second-order valence-corrected chi connectivity index (χ2v) is 6.43. The lowest BCUT2D eigenvalue weighted by Crippen LogP contribution is -3.00. The van der Waals surface area contributed by atoms with Gasteiger partial charge in [-0.1, -0.05) is 59.7 Å². The van der Waals surface area contributed by atoms with Crippen molar-refractivity contribution in [1.29, 1.82) is 0 Å². The van der Waals surface area contributed by atoms with E-state index in [4.69, 9.17) is 0 Å². The average molecular weight is 453 g/mol. The first-order valence-corrected chi connectivity index (χ1v) is 8.60. The van der Waals surface area contributed by atoms with Crippen LogP contribution in [0, 0.1) is 13.8 Å². The summed E-state index contributed by atoms with van der Waals surface area (Å²) in [5.41, 5.74) is 7.35. The van der Waals surface area contributed by atoms with E-state index in [0.29, 0.717) is 0 Å². The van der Waals surface area contributed by atoms with Gasteiger partial charge in [0.25, 0.3) is 0 Å². The molecule has 0 radical (unpaired) electrons. The molecule has 1 aromatic heterocycles. The summed E-state index contributed by atoms with van der Waals surface area (Å²) in [5, 5.41) is 0. The van der Waals surface area contributed by atoms with E-state index in [1.54, 1.807) is 0 Å². The molecule has 0 aliphatic heterocycles. The second kappa shape index (κ2) is 9.48. The maximum Gasteiger partial charge on any atom is 0.205 e. The zero-order chi connectivity index (χ0) is 17.6. The number of benzene rings is 2. The van der Waals surface area contributed by atoms with Gasteiger partial charge in [-0.25, -0.2) is 0 Å². The first kappa shape index (κ1) is 20.1. The van der Waals surface area contributed by atoms with Gasteiger partial charge in [-0.05, 0) is 43.2 Å². The summed E-state index contributed by atoms with van der Waals surface area (Å²) < 4.78 is 2.21. The van der Waals surface area contributed by atoms with Crippen LogP contribution in [0.4, 0.5) is 0 Å². The van der Waals surface area contributed by atoms with Crippen LogP contribution in [0.25, 0.3) is 24.3 Å². The summed E-state index contributed by atoms with van der Waals surface area (Å²) in [4.78, 5) is 0. The molecule has 3 aromatic rings. The third-order valence-corrected chi connectivity index (χ3v) is 4.29. The van der Waals surface area contributed by atoms with Crippen LogP contribution in [-0.2, 0) is 7.05 Å². The number of hydrogen-bond donors (Lipinski definition) is 0. The van der Waals surface area contributed by atoms with Gasteiger partial charge in [-0.3, -0.25) is 0 Å². The fraction of sp³-hybridized carbons (Fsp3) is 0.125. The van der Waals surface area contributed by atoms with Crippen LogP contribution in [0.15, 0.2) is 66.7 Å². The largest absolute Gasteiger partial charge is 1.00 e. The Morgan fingerprint density at radius 1 is 0.615 bits per heavy atom. The van der Waals surface area contributed by atoms with E-state index in [1.165, 1.54) is 33.6 Å². The van der Waals surface area contributed by atoms with Crippen molar-refractivity contribution in [1.82, 2.24) is 0 Å². The monoisotopic (exact) mass is 453 g/mol. The molecular weight excluding hydrogens is 429 g/mol. The fourth-order valence-electron chi connectivity index (χ4n) is 2.86. The topological polar surface area (TPSA) is 3.88 Å². The fourth-order valence-corrected chi connectivity index (χ4v) is 2.86. The highest BCUT2D eigenvalue weighted by atomic mass is 127. The van der Waals surface area contributed by atoms with E-state index in [0.717, 1.165) is 0 Å². The Kier molecular flexibility index (Phi) is 7.34. The molecule has 1 heterocycles. The molecule has 0 fully saturated rings. The average Bonchev–Trinajstić information content (AvgIpc) is 2.60. The number of pyridine rings is 1. The van der Waals surface area contributed by atoms with Gasteiger partial charge in [0.15, 0.2) is 0 Å². The van der Waals surface area contributed by atoms with E-state index in [2.05, 4.69) is 116 Å². The van der Waals surface area contributed by atoms with Gasteiger partial charge in [0.2, 0.25) is 11.4 Å². The van der Waals surface area contributed by atoms with E-state index < -0.39 is 0 Å². The second-order valence-electron chi connectivity index (χ2n) is 6.43. The molecule has 3 rings (SSSR count). The molecule has 0 N–H and O–H groups in total. The number of nitrogens with zero attached hydrogens (tertiary/aromatic N) is 1. The molecule has 0 saturated heterocycles. The Morgan fingerprint density at radius 3 is 1.46 bits per heavy atom. The maximum atomic E-state index is 2.21. The van der Waals surface area contributed by atoms with E-state index in [9.17, 15) is 0 Å². The van der Waals surface area contributed by atoms with Crippen LogP contribution in [0.1, 0.15) is 33.6 Å². The minimum absolute atomic E-state index is 0. The maximum absolute atomic E-state index is 2.21. The highest BCUT2D eigenvalue weighted by Gasteiger charge is 2.07. The summed E-state index contributed by atoms with van der Waals surface area (Å²) in [5.74, 6) is 0. The Bertz CT molecular complexity index is 865. The van der Waals surface area contributed by atoms with E-state index >= 15 is 0 Å². The van der Waals surface area contributed by atoms with Gasteiger partial charge >= 0.3 is 0 Å². The summed E-state index contributed by atoms with van der Waals surface area (Å²) >= 11 is 0. The van der Waals surface area contributed by atoms with Gasteiger partial charge in [-0.15, -0.1) is 0 Å². The lowest BCUT2D eigenvalue weighted by atomic mass is 10.1. The van der Waals surface area contributed by atoms with E-state index in [1.807, 2.05) is 0 Å². The van der Waals surface area contributed by atoms with Crippen LogP contribution < -0.4 is 28.5 Å². The smallest absolute Gasteiger partial charge is 0.205 e. The summed E-state index contributed by atoms with van der Waals surface area (Å²) in [6.07, 6.45) is 8.66. The molecule has 0 amide bonds. The first-order chi connectivity index (χ1) is 12.1. The Labute approximate surface area is 173 Å². The summed E-state index contributed by atoms with van der Waals surface area (Å²) in [6, 6.07) is 23.4. The summed E-state index contributed by atoms with van der Waals surface area (Å²) in [7, 11) is 2.10. The van der Waals surface area contributed by atoms with Crippen molar-refractivity contribution < 1.29 is 28.5 Å². The van der Waals surface area contributed by atoms with Crippen molar-refractivity contribution in [2.24, 2.45) is 7.05 Å². The molecule has 2 aromatic carbocycles. The molecule has 26 heavy (non-hydrogen) atoms. The van der Waals surface area contributed by atoms with Crippen molar-refractivity contribution in [3.8, 4) is 0 Å². The van der Waals surface area contributed by atoms with Crippen molar-refractivity contribution in [3.63, 3.8) is 0 Å². The van der Waals surface area contributed by atoms with Crippen molar-refractivity contribution >= 4 is 24.3 Å². The zero-order valence-corrected chi connectivity index (χ0v) is 17.6. The highest BCUT2D eigenvalue weighted by Crippen LogP contribution is 2.11. The van der Waals surface area contributed by atoms with Crippen molar-refractivity contribution in [2.75, 3.05) is 0 Å². The first-order valence-electron chi connectivity index (χ1n) is 8.60.